The van der Waals surface area contributed by atoms with Gasteiger partial charge in [0.25, 0.3) is 0 Å². The first-order chi connectivity index (χ1) is 14.1. The smallest absolute Gasteiger partial charge is 0.0845 e. The highest BCUT2D eigenvalue weighted by Crippen LogP contribution is 2.19. The van der Waals surface area contributed by atoms with Crippen LogP contribution in [0.2, 0.25) is 0 Å². The third-order valence-electron chi connectivity index (χ3n) is 5.09. The molecule has 4 heteroatoms. The summed E-state index contributed by atoms with van der Waals surface area (Å²) in [6.07, 6.45) is 11.0. The summed E-state index contributed by atoms with van der Waals surface area (Å²) >= 11 is 0. The number of aliphatic hydroxyl groups is 3. The number of rotatable bonds is 13. The molecule has 0 bridgehead atoms. The van der Waals surface area contributed by atoms with Crippen molar-refractivity contribution in [2.45, 2.75) is 77.1 Å². The van der Waals surface area contributed by atoms with Crippen molar-refractivity contribution >= 4 is 6.08 Å². The molecule has 2 atom stereocenters. The van der Waals surface area contributed by atoms with Crippen LogP contribution in [0.25, 0.3) is 6.08 Å². The van der Waals surface area contributed by atoms with Crippen molar-refractivity contribution in [2.75, 3.05) is 0 Å². The molecule has 1 aromatic heterocycles. The summed E-state index contributed by atoms with van der Waals surface area (Å²) in [6.45, 7) is 2.17. The first-order valence-corrected chi connectivity index (χ1v) is 10.8. The van der Waals surface area contributed by atoms with Gasteiger partial charge in [0.1, 0.15) is 0 Å². The fourth-order valence-electron chi connectivity index (χ4n) is 3.36. The molecule has 0 spiro atoms. The summed E-state index contributed by atoms with van der Waals surface area (Å²) < 4.78 is 0. The number of aromatic nitrogens is 1. The van der Waals surface area contributed by atoms with E-state index in [2.05, 4.69) is 11.9 Å². The van der Waals surface area contributed by atoms with Crippen molar-refractivity contribution in [3.8, 4) is 0 Å². The van der Waals surface area contributed by atoms with Gasteiger partial charge in [-0.15, -0.1) is 0 Å². The molecule has 3 N–H and O–H groups in total. The van der Waals surface area contributed by atoms with Crippen molar-refractivity contribution in [1.82, 2.24) is 4.98 Å². The molecular formula is C25H35NO3. The summed E-state index contributed by atoms with van der Waals surface area (Å²) in [6, 6.07) is 13.0. The lowest BCUT2D eigenvalue weighted by Crippen LogP contribution is -2.05. The van der Waals surface area contributed by atoms with Gasteiger partial charge in [0.05, 0.1) is 24.5 Å². The quantitative estimate of drug-likeness (QED) is 0.417. The maximum Gasteiger partial charge on any atom is 0.0845 e. The van der Waals surface area contributed by atoms with E-state index in [-0.39, 0.29) is 6.61 Å². The Bertz CT molecular complexity index is 744. The number of hydrogen-bond donors (Lipinski definition) is 3. The van der Waals surface area contributed by atoms with E-state index in [9.17, 15) is 15.3 Å². The van der Waals surface area contributed by atoms with E-state index >= 15 is 0 Å². The molecule has 0 amide bonds. The number of aliphatic hydroxyl groups excluding tert-OH is 3. The molecule has 0 aliphatic heterocycles. The summed E-state index contributed by atoms with van der Waals surface area (Å²) in [4.78, 5) is 4.58. The van der Waals surface area contributed by atoms with Crippen LogP contribution < -0.4 is 0 Å². The summed E-state index contributed by atoms with van der Waals surface area (Å²) in [5.41, 5.74) is 3.12. The Labute approximate surface area is 175 Å². The van der Waals surface area contributed by atoms with Gasteiger partial charge in [-0.1, -0.05) is 81.9 Å². The molecule has 0 radical (unpaired) electrons. The second-order valence-electron chi connectivity index (χ2n) is 7.66. The normalized spacial score (nSPS) is 13.7. The van der Waals surface area contributed by atoms with Crippen LogP contribution in [0.4, 0.5) is 0 Å². The molecule has 0 saturated carbocycles. The van der Waals surface area contributed by atoms with Crippen LogP contribution in [-0.4, -0.2) is 26.4 Å². The van der Waals surface area contributed by atoms with Crippen molar-refractivity contribution < 1.29 is 15.3 Å². The van der Waals surface area contributed by atoms with Gasteiger partial charge < -0.3 is 15.3 Å². The number of pyridine rings is 1. The molecule has 1 heterocycles. The molecule has 2 aromatic rings. The SMILES string of the molecule is CCCCCCCCC(O)C=Cc1cccc(CC(O)c2cccc(CO)c2)n1. The van der Waals surface area contributed by atoms with Gasteiger partial charge in [0.15, 0.2) is 0 Å². The van der Waals surface area contributed by atoms with E-state index in [0.717, 1.165) is 35.4 Å². The molecule has 29 heavy (non-hydrogen) atoms. The summed E-state index contributed by atoms with van der Waals surface area (Å²) in [7, 11) is 0. The molecule has 0 aliphatic rings. The number of benzene rings is 1. The van der Waals surface area contributed by atoms with Crippen molar-refractivity contribution in [3.63, 3.8) is 0 Å². The van der Waals surface area contributed by atoms with Gasteiger partial charge in [-0.05, 0) is 35.8 Å². The van der Waals surface area contributed by atoms with Crippen LogP contribution >= 0.6 is 0 Å². The fourth-order valence-corrected chi connectivity index (χ4v) is 3.36. The van der Waals surface area contributed by atoms with Crippen LogP contribution in [0.15, 0.2) is 48.5 Å². The average Bonchev–Trinajstić information content (AvgIpc) is 2.75. The first kappa shape index (κ1) is 23.3. The molecule has 1 aromatic carbocycles. The van der Waals surface area contributed by atoms with E-state index in [0.29, 0.717) is 6.42 Å². The third-order valence-corrected chi connectivity index (χ3v) is 5.09. The maximum absolute atomic E-state index is 10.5. The van der Waals surface area contributed by atoms with Crippen molar-refractivity contribution in [2.24, 2.45) is 0 Å². The van der Waals surface area contributed by atoms with Crippen molar-refractivity contribution in [1.29, 1.82) is 0 Å². The highest BCUT2D eigenvalue weighted by atomic mass is 16.3. The monoisotopic (exact) mass is 397 g/mol. The Morgan fingerprint density at radius 2 is 1.72 bits per heavy atom. The van der Waals surface area contributed by atoms with E-state index in [4.69, 9.17) is 0 Å². The van der Waals surface area contributed by atoms with Crippen LogP contribution in [0.3, 0.4) is 0 Å². The highest BCUT2D eigenvalue weighted by Gasteiger charge is 2.10. The minimum Gasteiger partial charge on any atom is -0.392 e. The fraction of sp³-hybridized carbons (Fsp3) is 0.480. The van der Waals surface area contributed by atoms with Crippen LogP contribution in [0.1, 0.15) is 80.5 Å². The zero-order chi connectivity index (χ0) is 20.9. The van der Waals surface area contributed by atoms with Crippen molar-refractivity contribution in [3.05, 3.63) is 71.1 Å². The number of nitrogens with zero attached hydrogens (tertiary/aromatic N) is 1. The van der Waals surface area contributed by atoms with E-state index < -0.39 is 12.2 Å². The Balaban J connectivity index is 1.84. The van der Waals surface area contributed by atoms with Crippen LogP contribution in [0.5, 0.6) is 0 Å². The number of unbranched alkanes of at least 4 members (excludes halogenated alkanes) is 5. The zero-order valence-corrected chi connectivity index (χ0v) is 17.5. The van der Waals surface area contributed by atoms with Crippen LogP contribution in [-0.2, 0) is 13.0 Å². The predicted octanol–water partition coefficient (Wildman–Crippen LogP) is 4.97. The Morgan fingerprint density at radius 3 is 2.52 bits per heavy atom. The van der Waals surface area contributed by atoms with Gasteiger partial charge >= 0.3 is 0 Å². The predicted molar refractivity (Wildman–Crippen MR) is 118 cm³/mol. The highest BCUT2D eigenvalue weighted by molar-refractivity contribution is 5.45. The maximum atomic E-state index is 10.5. The van der Waals surface area contributed by atoms with Gasteiger partial charge in [-0.3, -0.25) is 4.98 Å². The third kappa shape index (κ3) is 8.90. The van der Waals surface area contributed by atoms with Crippen LogP contribution in [0, 0.1) is 0 Å². The lowest BCUT2D eigenvalue weighted by Gasteiger charge is -2.12. The van der Waals surface area contributed by atoms with Gasteiger partial charge in [-0.25, -0.2) is 0 Å². The number of hydrogen-bond acceptors (Lipinski definition) is 4. The van der Waals surface area contributed by atoms with Gasteiger partial charge in [-0.2, -0.15) is 0 Å². The Kier molecular flexibility index (Phi) is 10.6. The minimum atomic E-state index is -0.675. The largest absolute Gasteiger partial charge is 0.392 e. The lowest BCUT2D eigenvalue weighted by molar-refractivity contribution is 0.177. The summed E-state index contributed by atoms with van der Waals surface area (Å²) in [5, 5.41) is 29.9. The zero-order valence-electron chi connectivity index (χ0n) is 17.5. The molecule has 0 fully saturated rings. The molecule has 158 valence electrons. The molecule has 2 rings (SSSR count). The average molecular weight is 398 g/mol. The molecule has 0 aliphatic carbocycles. The van der Waals surface area contributed by atoms with Gasteiger partial charge in [0, 0.05) is 12.1 Å². The second-order valence-corrected chi connectivity index (χ2v) is 7.66. The van der Waals surface area contributed by atoms with Gasteiger partial charge in [0.2, 0.25) is 0 Å². The standard InChI is InChI=1S/C25H35NO3/c1-2-3-4-5-6-7-14-24(28)16-15-22-12-9-13-23(26-22)18-25(29)21-11-8-10-20(17-21)19-27/h8-13,15-17,24-25,27-29H,2-7,14,18-19H2,1H3. The molecule has 4 nitrogen and oxygen atoms in total. The lowest BCUT2D eigenvalue weighted by atomic mass is 10.0. The van der Waals surface area contributed by atoms with E-state index in [1.54, 1.807) is 6.08 Å². The minimum absolute atomic E-state index is 0.0415. The molecule has 2 unspecified atom stereocenters. The Morgan fingerprint density at radius 1 is 0.966 bits per heavy atom. The van der Waals surface area contributed by atoms with E-state index in [1.807, 2.05) is 48.5 Å². The Hall–Kier alpha value is -2.01. The second kappa shape index (κ2) is 13.3. The molecule has 0 saturated heterocycles. The first-order valence-electron chi connectivity index (χ1n) is 10.8. The van der Waals surface area contributed by atoms with E-state index in [1.165, 1.54) is 32.1 Å². The summed E-state index contributed by atoms with van der Waals surface area (Å²) in [5.74, 6) is 0. The molecular weight excluding hydrogens is 362 g/mol. The topological polar surface area (TPSA) is 73.6 Å².